The predicted octanol–water partition coefficient (Wildman–Crippen LogP) is 26.5. The second kappa shape index (κ2) is 55.6. The molecule has 6 heterocycles. The summed E-state index contributed by atoms with van der Waals surface area (Å²) in [6.07, 6.45) is 2.99. The van der Waals surface area contributed by atoms with E-state index < -0.39 is 136 Å². The van der Waals surface area contributed by atoms with Crippen molar-refractivity contribution in [2.24, 2.45) is 5.92 Å². The largest absolute Gasteiger partial charge is 0.497 e. The van der Waals surface area contributed by atoms with Crippen LogP contribution in [-0.4, -0.2) is 161 Å². The van der Waals surface area contributed by atoms with Crippen molar-refractivity contribution in [2.75, 3.05) is 44.6 Å². The number of nitrogens with zero attached hydrogens (tertiary/aromatic N) is 8. The molecule has 2 aliphatic heterocycles. The summed E-state index contributed by atoms with van der Waals surface area (Å²) >= 11 is 30.0. The molecule has 4 aromatic heterocycles. The Morgan fingerprint density at radius 2 is 0.807 bits per heavy atom. The van der Waals surface area contributed by atoms with Gasteiger partial charge in [0.25, 0.3) is 5.85 Å². The fourth-order valence-electron chi connectivity index (χ4n) is 16.4. The quantitative estimate of drug-likeness (QED) is 0.00688. The van der Waals surface area contributed by atoms with Crippen LogP contribution in [0.2, 0.25) is 0 Å². The number of hydrogen-bond acceptors (Lipinski definition) is 31. The van der Waals surface area contributed by atoms with Crippen LogP contribution in [0.3, 0.4) is 0 Å². The van der Waals surface area contributed by atoms with E-state index in [0.717, 1.165) is 98.7 Å². The molecule has 7 aromatic carbocycles. The number of nitrogen functional groups attached to an aromatic ring is 1. The van der Waals surface area contributed by atoms with Crippen LogP contribution in [0.5, 0.6) is 40.5 Å². The van der Waals surface area contributed by atoms with Crippen LogP contribution in [0.4, 0.5) is 29.5 Å². The molecule has 11 aromatic rings. The molecule has 0 bridgehead atoms. The van der Waals surface area contributed by atoms with Crippen molar-refractivity contribution in [3.8, 4) is 40.5 Å². The van der Waals surface area contributed by atoms with Crippen molar-refractivity contribution in [2.45, 2.75) is 246 Å². The summed E-state index contributed by atoms with van der Waals surface area (Å²) in [5, 5.41) is 18.8. The number of aliphatic hydroxyl groups is 1. The number of benzene rings is 7. The van der Waals surface area contributed by atoms with Crippen LogP contribution in [-0.2, 0) is 75.5 Å². The Hall–Kier alpha value is -9.46. The molecule has 16 rings (SSSR count). The van der Waals surface area contributed by atoms with Gasteiger partial charge >= 0.3 is 51.5 Å². The molecule has 14 atom stereocenters. The molecule has 0 amide bonds. The van der Waals surface area contributed by atoms with Gasteiger partial charge in [-0.25, -0.2) is 50.9 Å². The molecule has 0 radical (unpaired) electrons. The standard InChI is InChI=1S/C48H53F2N6O8P.C27H35F2N6O8P.C14H19ClNO4P.C6H5Cl2O2P.4CH4.Cl3OP/c1-6-60-42-40-41(52-45(53-42)54-48(34-18-10-7-11-19-34,35-20-12-8-13-21-35)36-26-28-37(59-5)29-27-36)56(31-51-40)44-46(4,49)33(3)47(50,63-44)30-61-65(58,64-39-24-14-9-15-25-39)55-32(2)43(57)62-38-22-16-17-23-38;1-4-39-21-19-20(32-25(30)33-21)35(15-31-19)24-26(3,28)23(37)27(29,42-24)14-40-44(38,43-18-12-6-5-7-13-18)34-16(2)22(36)41-17-10-8-9-11-17;1-11(14(17)19-12-7-5-6-8-12)16-21(15,18)20-13-9-3-2-4-10-13;7-11(8,9)10-6-4-2-1-3-5-6;;;;;1-5(2,3)4/h7-15,18-21,24-29,31-33,38,44H,6,16-17,22-23,30H2,1-5H3,(H,55,58)(H,52,53,54);5-7,12-13,15-17,23-24,37H,4,8-11,14H2,1-3H3,(H,34,38)(H2,30,32,33);2-4,9-12H,5-8H2,1H3,(H,16,18);1-5H;4*1H4;/t32-,33-,44+,46+,47+,65?;16-,23-,24+,26+,27+,44?;11-,21?;;;;;;/m000....../s1. The normalized spacial score (nSPS) is 21.9. The van der Waals surface area contributed by atoms with Crippen molar-refractivity contribution < 1.29 is 125 Å². The molecule has 51 heteroatoms. The van der Waals surface area contributed by atoms with Gasteiger partial charge in [0, 0.05) is 33.7 Å². The number of fused-ring (bicyclic) bond motifs is 2. The van der Waals surface area contributed by atoms with E-state index >= 15 is 17.6 Å². The van der Waals surface area contributed by atoms with Gasteiger partial charge in [-0.1, -0.05) is 182 Å². The highest BCUT2D eigenvalue weighted by Gasteiger charge is 2.66. The van der Waals surface area contributed by atoms with E-state index in [1.54, 1.807) is 125 Å². The molecule has 822 valence electrons. The van der Waals surface area contributed by atoms with Gasteiger partial charge in [0.1, 0.15) is 83.9 Å². The van der Waals surface area contributed by atoms with Gasteiger partial charge in [0.2, 0.25) is 29.5 Å². The Bertz CT molecular complexity index is 6360. The van der Waals surface area contributed by atoms with Gasteiger partial charge in [-0.2, -0.15) is 30.1 Å². The second-order valence-electron chi connectivity index (χ2n) is 34.6. The number of aliphatic hydroxyl groups excluding tert-OH is 1. The minimum atomic E-state index is -4.58. The molecule has 5 aliphatic rings. The van der Waals surface area contributed by atoms with E-state index in [-0.39, 0.29) is 119 Å². The number of hydrogen-bond donors (Lipinski definition) is 6. The third-order valence-electron chi connectivity index (χ3n) is 23.7. The minimum absolute atomic E-state index is 0. The fourth-order valence-corrected chi connectivity index (χ4v) is 21.9. The second-order valence-corrected chi connectivity index (χ2v) is 51.5. The number of methoxy groups -OCH3 is 1. The fraction of sp³-hybridized carbons (Fsp3) is 0.444. The average molecular weight is 2310 g/mol. The summed E-state index contributed by atoms with van der Waals surface area (Å²) in [5.74, 6) is -7.89. The molecule has 3 aliphatic carbocycles. The van der Waals surface area contributed by atoms with Gasteiger partial charge in [-0.05, 0) is 237 Å². The summed E-state index contributed by atoms with van der Waals surface area (Å²) < 4.78 is 207. The maximum absolute atomic E-state index is 17.4. The SMILES string of the molecule is C.C.C.C.CCOc1nc(N)nc2c1ncn2[C@@H]1O[C@](F)(COP(=O)(N[C@@H](C)C(=O)OC2CCCC2)Oc2ccccc2)[C@@H](O)[C@@]1(C)F.CCOc1nc(NC(c2ccccc2)(c2ccccc2)c2ccc(OC)cc2)nc2c1ncn2[C@@H]1O[C@](F)(COP(=O)(N[C@@H](C)C(=O)OC2CCCC2)Oc2ccccc2)[C@@H](C)[C@@]1(C)F.C[C@H](NP(=O)(Cl)Oc1ccccc1)C(=O)OC1CCCC1.O=P(Cl)(Cl)Cl.O=P(Cl)(Cl)Oc1ccccc1. The highest BCUT2D eigenvalue weighted by molar-refractivity contribution is 8.24. The molecule has 36 nitrogen and oxygen atoms in total. The number of nitrogens with one attached hydrogen (secondary N) is 4. The monoisotopic (exact) mass is 2310 g/mol. The molecule has 3 saturated carbocycles. The molecular weight excluding hydrogens is 2180 g/mol. The summed E-state index contributed by atoms with van der Waals surface area (Å²) in [4.78, 5) is 64.1. The van der Waals surface area contributed by atoms with Gasteiger partial charge in [0.05, 0.1) is 38.9 Å². The number of alkyl halides is 4. The lowest BCUT2D eigenvalue weighted by molar-refractivity contribution is -0.202. The molecule has 150 heavy (non-hydrogen) atoms. The molecule has 5 fully saturated rings. The van der Waals surface area contributed by atoms with Crippen LogP contribution in [0.1, 0.15) is 191 Å². The predicted molar refractivity (Wildman–Crippen MR) is 572 cm³/mol. The van der Waals surface area contributed by atoms with Crippen LogP contribution >= 0.6 is 101 Å². The zero-order chi connectivity index (χ0) is 106. The molecule has 0 spiro atoms. The Balaban J connectivity index is 0.000000275. The average Bonchev–Trinajstić information content (AvgIpc) is 1.59. The molecule has 7 N–H and O–H groups in total. The van der Waals surface area contributed by atoms with Crippen LogP contribution < -0.4 is 58.6 Å². The van der Waals surface area contributed by atoms with Crippen molar-refractivity contribution in [3.05, 3.63) is 236 Å². The smallest absolute Gasteiger partial charge is 0.459 e. The first-order valence-corrected chi connectivity index (χ1v) is 59.9. The van der Waals surface area contributed by atoms with E-state index in [9.17, 15) is 42.3 Å². The zero-order valence-electron chi connectivity index (χ0n) is 80.5. The highest BCUT2D eigenvalue weighted by Crippen LogP contribution is 2.62. The number of imidazole rings is 2. The third kappa shape index (κ3) is 34.0. The summed E-state index contributed by atoms with van der Waals surface area (Å²) in [6.45, 7) is 5.81. The van der Waals surface area contributed by atoms with Crippen molar-refractivity contribution in [1.29, 1.82) is 0 Å². The topological polar surface area (TPSA) is 447 Å². The van der Waals surface area contributed by atoms with Crippen LogP contribution in [0, 0.1) is 5.92 Å². The number of carbonyl (C=O) groups excluding carboxylic acids is 3. The number of anilines is 2. The molecule has 2 saturated heterocycles. The lowest BCUT2D eigenvalue weighted by atomic mass is 9.77. The van der Waals surface area contributed by atoms with Gasteiger partial charge < -0.3 is 72.1 Å². The number of ether oxygens (including phenoxy) is 8. The third-order valence-corrected chi connectivity index (χ3v) is 29.4. The van der Waals surface area contributed by atoms with E-state index in [1.165, 1.54) is 62.9 Å². The first-order valence-electron chi connectivity index (χ1n) is 46.4. The van der Waals surface area contributed by atoms with E-state index in [4.69, 9.17) is 110 Å². The van der Waals surface area contributed by atoms with Crippen molar-refractivity contribution >= 4 is 153 Å². The van der Waals surface area contributed by atoms with Crippen molar-refractivity contribution in [3.63, 3.8) is 0 Å². The lowest BCUT2D eigenvalue weighted by Crippen LogP contribution is -2.47. The summed E-state index contributed by atoms with van der Waals surface area (Å²) in [5.41, 5.74) is 2.29. The zero-order valence-corrected chi connectivity index (χ0v) is 89.5. The Morgan fingerprint density at radius 1 is 0.473 bits per heavy atom. The van der Waals surface area contributed by atoms with E-state index in [1.807, 2.05) is 84.9 Å². The maximum Gasteiger partial charge on any atom is 0.459 e. The van der Waals surface area contributed by atoms with Gasteiger partial charge in [-0.3, -0.25) is 37.1 Å². The number of rotatable bonds is 38. The Kier molecular flexibility index (Phi) is 46.6. The Labute approximate surface area is 898 Å². The number of esters is 3. The molecule has 3 unspecified atom stereocenters. The number of nitrogens with two attached hydrogens (primary N) is 1. The lowest BCUT2D eigenvalue weighted by Gasteiger charge is -2.37. The number of aromatic nitrogens is 8. The minimum Gasteiger partial charge on any atom is -0.497 e. The highest BCUT2D eigenvalue weighted by atomic mass is 36.0. The first-order chi connectivity index (χ1) is 69.2. The van der Waals surface area contributed by atoms with Gasteiger partial charge in [0.15, 0.2) is 52.2 Å². The van der Waals surface area contributed by atoms with Crippen molar-refractivity contribution in [1.82, 2.24) is 54.3 Å². The number of carbonyl (C=O) groups is 3. The maximum atomic E-state index is 17.4. The van der Waals surface area contributed by atoms with E-state index in [2.05, 4.69) is 78.8 Å². The number of halogens is 10. The van der Waals surface area contributed by atoms with Crippen LogP contribution in [0.15, 0.2) is 219 Å². The molecular formula is C99H128Cl6F4N13O23P5. The Morgan fingerprint density at radius 3 is 1.19 bits per heavy atom. The first kappa shape index (κ1) is 126. The summed E-state index contributed by atoms with van der Waals surface area (Å²) in [6, 6.07) is 57.0. The van der Waals surface area contributed by atoms with E-state index in [0.29, 0.717) is 30.1 Å². The number of para-hydroxylation sites is 4. The summed E-state index contributed by atoms with van der Waals surface area (Å²) in [7, 11) is -7.54. The van der Waals surface area contributed by atoms with Gasteiger partial charge in [-0.15, -0.1) is 0 Å². The van der Waals surface area contributed by atoms with Crippen LogP contribution in [0.25, 0.3) is 22.3 Å².